The third kappa shape index (κ3) is 3.40. The van der Waals surface area contributed by atoms with Crippen LogP contribution in [0, 0.1) is 0 Å². The van der Waals surface area contributed by atoms with Crippen molar-refractivity contribution in [1.29, 1.82) is 0 Å². The Morgan fingerprint density at radius 3 is 3.29 bits per heavy atom. The van der Waals surface area contributed by atoms with E-state index in [1.807, 2.05) is 6.20 Å². The van der Waals surface area contributed by atoms with Gasteiger partial charge in [0.1, 0.15) is 0 Å². The fourth-order valence-electron chi connectivity index (χ4n) is 1.91. The maximum Gasteiger partial charge on any atom is 0.185 e. The maximum atomic E-state index is 5.44. The van der Waals surface area contributed by atoms with Crippen LogP contribution in [-0.2, 0) is 11.3 Å². The molecular formula is C12H21N3OS. The Morgan fingerprint density at radius 2 is 2.53 bits per heavy atom. The van der Waals surface area contributed by atoms with Gasteiger partial charge in [0, 0.05) is 24.2 Å². The van der Waals surface area contributed by atoms with Crippen molar-refractivity contribution < 1.29 is 4.74 Å². The predicted molar refractivity (Wildman–Crippen MR) is 71.7 cm³/mol. The quantitative estimate of drug-likeness (QED) is 0.815. The molecule has 96 valence electrons. The molecule has 1 atom stereocenters. The third-order valence-electron chi connectivity index (χ3n) is 2.88. The molecule has 0 radical (unpaired) electrons. The lowest BCUT2D eigenvalue weighted by molar-refractivity contribution is 0.0989. The molecule has 2 heterocycles. The molecule has 0 amide bonds. The van der Waals surface area contributed by atoms with Gasteiger partial charge in [0.05, 0.1) is 19.3 Å². The monoisotopic (exact) mass is 255 g/mol. The van der Waals surface area contributed by atoms with Gasteiger partial charge in [-0.15, -0.1) is 11.3 Å². The lowest BCUT2D eigenvalue weighted by Gasteiger charge is -2.32. The molecule has 4 nitrogen and oxygen atoms in total. The SMILES string of the molecule is CCCNCc1cnc(N2CCOCC2C)s1. The van der Waals surface area contributed by atoms with Crippen LogP contribution in [0.5, 0.6) is 0 Å². The molecule has 2 rings (SSSR count). The van der Waals surface area contributed by atoms with Gasteiger partial charge in [-0.3, -0.25) is 0 Å². The highest BCUT2D eigenvalue weighted by Gasteiger charge is 2.21. The van der Waals surface area contributed by atoms with Gasteiger partial charge in [0.2, 0.25) is 0 Å². The molecule has 1 fully saturated rings. The van der Waals surface area contributed by atoms with Crippen LogP contribution in [0.15, 0.2) is 6.20 Å². The van der Waals surface area contributed by atoms with E-state index in [1.165, 1.54) is 11.3 Å². The van der Waals surface area contributed by atoms with Crippen molar-refractivity contribution in [3.05, 3.63) is 11.1 Å². The van der Waals surface area contributed by atoms with E-state index in [1.54, 1.807) is 11.3 Å². The Kier molecular flexibility index (Phi) is 4.76. The first-order valence-corrected chi connectivity index (χ1v) is 7.12. The molecule has 1 aliphatic heterocycles. The minimum Gasteiger partial charge on any atom is -0.377 e. The summed E-state index contributed by atoms with van der Waals surface area (Å²) < 4.78 is 5.44. The Balaban J connectivity index is 1.92. The summed E-state index contributed by atoms with van der Waals surface area (Å²) in [6, 6.07) is 0.436. The molecule has 0 bridgehead atoms. The van der Waals surface area contributed by atoms with Gasteiger partial charge < -0.3 is 15.0 Å². The molecule has 17 heavy (non-hydrogen) atoms. The highest BCUT2D eigenvalue weighted by Crippen LogP contribution is 2.25. The van der Waals surface area contributed by atoms with E-state index in [0.29, 0.717) is 6.04 Å². The van der Waals surface area contributed by atoms with Crippen LogP contribution >= 0.6 is 11.3 Å². The second kappa shape index (κ2) is 6.33. The second-order valence-corrected chi connectivity index (χ2v) is 5.50. The first-order valence-electron chi connectivity index (χ1n) is 6.31. The van der Waals surface area contributed by atoms with E-state index in [-0.39, 0.29) is 0 Å². The Bertz CT molecular complexity index is 342. The zero-order valence-corrected chi connectivity index (χ0v) is 11.4. The van der Waals surface area contributed by atoms with Crippen molar-refractivity contribution in [2.45, 2.75) is 32.9 Å². The number of ether oxygens (including phenoxy) is 1. The Labute approximate surface area is 107 Å². The lowest BCUT2D eigenvalue weighted by atomic mass is 10.3. The Hall–Kier alpha value is -0.650. The number of morpholine rings is 1. The number of hydrogen-bond acceptors (Lipinski definition) is 5. The summed E-state index contributed by atoms with van der Waals surface area (Å²) in [6.45, 7) is 8.95. The average molecular weight is 255 g/mol. The number of aromatic nitrogens is 1. The number of rotatable bonds is 5. The van der Waals surface area contributed by atoms with Gasteiger partial charge in [-0.2, -0.15) is 0 Å². The van der Waals surface area contributed by atoms with Gasteiger partial charge in [-0.25, -0.2) is 4.98 Å². The summed E-state index contributed by atoms with van der Waals surface area (Å²) in [7, 11) is 0. The van der Waals surface area contributed by atoms with Crippen LogP contribution in [0.1, 0.15) is 25.1 Å². The van der Waals surface area contributed by atoms with Crippen molar-refractivity contribution in [2.75, 3.05) is 31.2 Å². The zero-order chi connectivity index (χ0) is 12.1. The molecule has 1 aliphatic rings. The van der Waals surface area contributed by atoms with Gasteiger partial charge >= 0.3 is 0 Å². The van der Waals surface area contributed by atoms with Gasteiger partial charge in [0.25, 0.3) is 0 Å². The van der Waals surface area contributed by atoms with Gasteiger partial charge in [0.15, 0.2) is 5.13 Å². The minimum absolute atomic E-state index is 0.436. The molecule has 1 aromatic rings. The topological polar surface area (TPSA) is 37.4 Å². The molecule has 0 aromatic carbocycles. The maximum absolute atomic E-state index is 5.44. The summed E-state index contributed by atoms with van der Waals surface area (Å²) >= 11 is 1.79. The van der Waals surface area contributed by atoms with Crippen molar-refractivity contribution in [3.63, 3.8) is 0 Å². The summed E-state index contributed by atoms with van der Waals surface area (Å²) in [5.74, 6) is 0. The standard InChI is InChI=1S/C12H21N3OS/c1-3-4-13-7-11-8-14-12(17-11)15-5-6-16-9-10(15)2/h8,10,13H,3-7,9H2,1-2H3. The van der Waals surface area contributed by atoms with Crippen LogP contribution in [0.25, 0.3) is 0 Å². The van der Waals surface area contributed by atoms with Crippen LogP contribution in [0.3, 0.4) is 0 Å². The highest BCUT2D eigenvalue weighted by molar-refractivity contribution is 7.15. The van der Waals surface area contributed by atoms with Crippen molar-refractivity contribution >= 4 is 16.5 Å². The molecule has 0 spiro atoms. The number of anilines is 1. The van der Waals surface area contributed by atoms with Gasteiger partial charge in [-0.1, -0.05) is 6.92 Å². The second-order valence-electron chi connectivity index (χ2n) is 4.40. The largest absolute Gasteiger partial charge is 0.377 e. The first-order chi connectivity index (χ1) is 8.31. The Morgan fingerprint density at radius 1 is 1.65 bits per heavy atom. The lowest BCUT2D eigenvalue weighted by Crippen LogP contribution is -2.43. The molecule has 1 unspecified atom stereocenters. The average Bonchev–Trinajstić information content (AvgIpc) is 2.79. The molecular weight excluding hydrogens is 234 g/mol. The van der Waals surface area contributed by atoms with E-state index in [9.17, 15) is 0 Å². The summed E-state index contributed by atoms with van der Waals surface area (Å²) in [5, 5.41) is 4.54. The number of nitrogens with zero attached hydrogens (tertiary/aromatic N) is 2. The summed E-state index contributed by atoms with van der Waals surface area (Å²) in [6.07, 6.45) is 3.16. The fraction of sp³-hybridized carbons (Fsp3) is 0.750. The van der Waals surface area contributed by atoms with Gasteiger partial charge in [-0.05, 0) is 19.9 Å². The molecule has 0 saturated carbocycles. The van der Waals surface area contributed by atoms with Crippen LogP contribution in [0.2, 0.25) is 0 Å². The summed E-state index contributed by atoms with van der Waals surface area (Å²) in [5.41, 5.74) is 0. The van der Waals surface area contributed by atoms with Crippen LogP contribution in [0.4, 0.5) is 5.13 Å². The minimum atomic E-state index is 0.436. The van der Waals surface area contributed by atoms with E-state index >= 15 is 0 Å². The fourth-order valence-corrected chi connectivity index (χ4v) is 2.92. The van der Waals surface area contributed by atoms with E-state index in [0.717, 1.165) is 38.0 Å². The molecule has 5 heteroatoms. The van der Waals surface area contributed by atoms with Crippen molar-refractivity contribution in [2.24, 2.45) is 0 Å². The smallest absolute Gasteiger partial charge is 0.185 e. The summed E-state index contributed by atoms with van der Waals surface area (Å²) in [4.78, 5) is 8.17. The van der Waals surface area contributed by atoms with Crippen molar-refractivity contribution in [3.8, 4) is 0 Å². The number of hydrogen-bond donors (Lipinski definition) is 1. The molecule has 0 aliphatic carbocycles. The van der Waals surface area contributed by atoms with E-state index in [4.69, 9.17) is 4.74 Å². The normalized spacial score (nSPS) is 20.8. The molecule has 1 N–H and O–H groups in total. The third-order valence-corrected chi connectivity index (χ3v) is 3.92. The van der Waals surface area contributed by atoms with E-state index in [2.05, 4.69) is 29.0 Å². The van der Waals surface area contributed by atoms with E-state index < -0.39 is 0 Å². The molecule has 1 saturated heterocycles. The van der Waals surface area contributed by atoms with Crippen LogP contribution in [-0.4, -0.2) is 37.3 Å². The highest BCUT2D eigenvalue weighted by atomic mass is 32.1. The number of thiazole rings is 1. The first kappa shape index (κ1) is 12.8. The zero-order valence-electron chi connectivity index (χ0n) is 10.6. The van der Waals surface area contributed by atoms with Crippen molar-refractivity contribution in [1.82, 2.24) is 10.3 Å². The predicted octanol–water partition coefficient (Wildman–Crippen LogP) is 1.87. The molecule has 1 aromatic heterocycles. The number of nitrogens with one attached hydrogen (secondary N) is 1. The van der Waals surface area contributed by atoms with Crippen LogP contribution < -0.4 is 10.2 Å².